The van der Waals surface area contributed by atoms with E-state index in [0.717, 1.165) is 44.6 Å². The van der Waals surface area contributed by atoms with Gasteiger partial charge in [0.25, 0.3) is 0 Å². The number of nitrogens with one attached hydrogen (secondary N) is 1. The molecule has 6 nitrogen and oxygen atoms in total. The highest BCUT2D eigenvalue weighted by Crippen LogP contribution is 2.28. The first-order chi connectivity index (χ1) is 12.2. The van der Waals surface area contributed by atoms with Gasteiger partial charge in [0.2, 0.25) is 5.95 Å². The number of benzene rings is 1. The molecule has 1 aromatic carbocycles. The summed E-state index contributed by atoms with van der Waals surface area (Å²) in [7, 11) is 0. The number of rotatable bonds is 6. The highest BCUT2D eigenvalue weighted by molar-refractivity contribution is 5.87. The number of aromatic carboxylic acids is 1. The molecule has 1 fully saturated rings. The molecule has 1 aliphatic rings. The fraction of sp³-hybridized carbons (Fsp3) is 0.421. The Kier molecular flexibility index (Phi) is 5.60. The molecular formula is C19H24N4O2. The zero-order valence-electron chi connectivity index (χ0n) is 14.5. The highest BCUT2D eigenvalue weighted by Gasteiger charge is 2.21. The molecule has 1 saturated heterocycles. The molecule has 25 heavy (non-hydrogen) atoms. The van der Waals surface area contributed by atoms with Crippen LogP contribution < -0.4 is 5.32 Å². The molecule has 2 heterocycles. The standard InChI is InChI=1S/C19H24N4O2/c1-2-20-19-21-10-14(11-22-19)12-23-9-3-4-17(13-23)15-5-7-16(8-6-15)18(24)25/h5-8,10-11,17H,2-4,9,12-13H2,1H3,(H,24,25)(H,20,21,22)/t17-/m0/s1. The number of likely N-dealkylation sites (tertiary alicyclic amines) is 1. The number of anilines is 1. The summed E-state index contributed by atoms with van der Waals surface area (Å²) in [4.78, 5) is 22.1. The van der Waals surface area contributed by atoms with Gasteiger partial charge in [0.1, 0.15) is 0 Å². The Balaban J connectivity index is 1.61. The molecule has 3 rings (SSSR count). The summed E-state index contributed by atoms with van der Waals surface area (Å²) in [5, 5.41) is 12.1. The Morgan fingerprint density at radius 2 is 2.00 bits per heavy atom. The van der Waals surface area contributed by atoms with Crippen LogP contribution in [-0.2, 0) is 6.54 Å². The maximum Gasteiger partial charge on any atom is 0.335 e. The van der Waals surface area contributed by atoms with Crippen molar-refractivity contribution in [2.75, 3.05) is 25.0 Å². The minimum atomic E-state index is -0.877. The highest BCUT2D eigenvalue weighted by atomic mass is 16.4. The van der Waals surface area contributed by atoms with Crippen LogP contribution in [0.5, 0.6) is 0 Å². The van der Waals surface area contributed by atoms with E-state index in [4.69, 9.17) is 5.11 Å². The fourth-order valence-corrected chi connectivity index (χ4v) is 3.31. The van der Waals surface area contributed by atoms with E-state index in [0.29, 0.717) is 17.4 Å². The molecule has 2 N–H and O–H groups in total. The third-order valence-electron chi connectivity index (χ3n) is 4.58. The van der Waals surface area contributed by atoms with Crippen molar-refractivity contribution in [1.29, 1.82) is 0 Å². The van der Waals surface area contributed by atoms with Crippen LogP contribution in [0.15, 0.2) is 36.7 Å². The first-order valence-electron chi connectivity index (χ1n) is 8.76. The summed E-state index contributed by atoms with van der Waals surface area (Å²) in [6.45, 7) is 5.72. The Morgan fingerprint density at radius 1 is 1.28 bits per heavy atom. The first-order valence-corrected chi connectivity index (χ1v) is 8.76. The lowest BCUT2D eigenvalue weighted by Gasteiger charge is -2.33. The lowest BCUT2D eigenvalue weighted by atomic mass is 9.90. The minimum Gasteiger partial charge on any atom is -0.478 e. The predicted molar refractivity (Wildman–Crippen MR) is 96.8 cm³/mol. The van der Waals surface area contributed by atoms with E-state index in [1.165, 1.54) is 5.56 Å². The zero-order valence-corrected chi connectivity index (χ0v) is 14.5. The quantitative estimate of drug-likeness (QED) is 0.842. The maximum atomic E-state index is 11.0. The second kappa shape index (κ2) is 8.07. The van der Waals surface area contributed by atoms with E-state index >= 15 is 0 Å². The van der Waals surface area contributed by atoms with Gasteiger partial charge in [0, 0.05) is 37.6 Å². The number of hydrogen-bond donors (Lipinski definition) is 2. The van der Waals surface area contributed by atoms with Gasteiger partial charge in [-0.3, -0.25) is 4.90 Å². The average molecular weight is 340 g/mol. The molecule has 0 aliphatic carbocycles. The summed E-state index contributed by atoms with van der Waals surface area (Å²) in [5.74, 6) is 0.234. The van der Waals surface area contributed by atoms with Crippen LogP contribution in [0.4, 0.5) is 5.95 Å². The van der Waals surface area contributed by atoms with Crippen LogP contribution in [0.3, 0.4) is 0 Å². The summed E-state index contributed by atoms with van der Waals surface area (Å²) in [6.07, 6.45) is 6.05. The molecule has 0 spiro atoms. The molecule has 0 unspecified atom stereocenters. The van der Waals surface area contributed by atoms with Gasteiger partial charge in [0.05, 0.1) is 5.56 Å². The second-order valence-corrected chi connectivity index (χ2v) is 6.45. The molecule has 6 heteroatoms. The van der Waals surface area contributed by atoms with Crippen LogP contribution in [0.25, 0.3) is 0 Å². The summed E-state index contributed by atoms with van der Waals surface area (Å²) in [6, 6.07) is 7.30. The lowest BCUT2D eigenvalue weighted by molar-refractivity contribution is 0.0697. The van der Waals surface area contributed by atoms with Crippen molar-refractivity contribution >= 4 is 11.9 Å². The lowest BCUT2D eigenvalue weighted by Crippen LogP contribution is -2.34. The number of piperidine rings is 1. The number of nitrogens with zero attached hydrogens (tertiary/aromatic N) is 3. The van der Waals surface area contributed by atoms with Crippen LogP contribution in [0.2, 0.25) is 0 Å². The van der Waals surface area contributed by atoms with E-state index < -0.39 is 5.97 Å². The van der Waals surface area contributed by atoms with Crippen molar-refractivity contribution in [1.82, 2.24) is 14.9 Å². The third kappa shape index (κ3) is 4.54. The summed E-state index contributed by atoms with van der Waals surface area (Å²) < 4.78 is 0. The minimum absolute atomic E-state index is 0.342. The van der Waals surface area contributed by atoms with Gasteiger partial charge in [-0.25, -0.2) is 14.8 Å². The Hall–Kier alpha value is -2.47. The van der Waals surface area contributed by atoms with Gasteiger partial charge < -0.3 is 10.4 Å². The van der Waals surface area contributed by atoms with E-state index in [2.05, 4.69) is 20.2 Å². The summed E-state index contributed by atoms with van der Waals surface area (Å²) >= 11 is 0. The summed E-state index contributed by atoms with van der Waals surface area (Å²) in [5.41, 5.74) is 2.67. The van der Waals surface area contributed by atoms with Gasteiger partial charge >= 0.3 is 5.97 Å². The Labute approximate surface area is 147 Å². The van der Waals surface area contributed by atoms with Crippen LogP contribution >= 0.6 is 0 Å². The van der Waals surface area contributed by atoms with Crippen molar-refractivity contribution in [3.63, 3.8) is 0 Å². The average Bonchev–Trinajstić information content (AvgIpc) is 2.64. The largest absolute Gasteiger partial charge is 0.478 e. The topological polar surface area (TPSA) is 78.4 Å². The first kappa shape index (κ1) is 17.4. The molecule has 1 aromatic heterocycles. The van der Waals surface area contributed by atoms with Crippen molar-refractivity contribution in [2.45, 2.75) is 32.2 Å². The Bertz CT molecular complexity index is 700. The second-order valence-electron chi connectivity index (χ2n) is 6.45. The van der Waals surface area contributed by atoms with E-state index in [1.54, 1.807) is 12.1 Å². The van der Waals surface area contributed by atoms with Crippen molar-refractivity contribution in [3.05, 3.63) is 53.3 Å². The van der Waals surface area contributed by atoms with Crippen LogP contribution in [-0.4, -0.2) is 45.6 Å². The monoisotopic (exact) mass is 340 g/mol. The maximum absolute atomic E-state index is 11.0. The van der Waals surface area contributed by atoms with Crippen LogP contribution in [0.1, 0.15) is 47.2 Å². The van der Waals surface area contributed by atoms with Gasteiger partial charge in [-0.05, 0) is 49.9 Å². The van der Waals surface area contributed by atoms with Gasteiger partial charge in [-0.1, -0.05) is 12.1 Å². The molecule has 0 amide bonds. The normalized spacial score (nSPS) is 18.0. The van der Waals surface area contributed by atoms with Crippen molar-refractivity contribution in [3.8, 4) is 0 Å². The number of carboxylic acids is 1. The van der Waals surface area contributed by atoms with Gasteiger partial charge in [0.15, 0.2) is 0 Å². The SMILES string of the molecule is CCNc1ncc(CN2CCC[C@H](c3ccc(C(=O)O)cc3)C2)cn1. The molecule has 0 bridgehead atoms. The van der Waals surface area contributed by atoms with Crippen molar-refractivity contribution < 1.29 is 9.90 Å². The molecule has 0 radical (unpaired) electrons. The molecule has 0 saturated carbocycles. The molecule has 1 atom stereocenters. The van der Waals surface area contributed by atoms with Gasteiger partial charge in [-0.15, -0.1) is 0 Å². The van der Waals surface area contributed by atoms with E-state index in [-0.39, 0.29) is 0 Å². The zero-order chi connectivity index (χ0) is 17.6. The molecule has 132 valence electrons. The molecule has 1 aliphatic heterocycles. The predicted octanol–water partition coefficient (Wildman–Crippen LogP) is 2.99. The van der Waals surface area contributed by atoms with E-state index in [9.17, 15) is 4.79 Å². The fourth-order valence-electron chi connectivity index (χ4n) is 3.31. The third-order valence-corrected chi connectivity index (χ3v) is 4.58. The van der Waals surface area contributed by atoms with Crippen LogP contribution in [0, 0.1) is 0 Å². The van der Waals surface area contributed by atoms with Gasteiger partial charge in [-0.2, -0.15) is 0 Å². The van der Waals surface area contributed by atoms with E-state index in [1.807, 2.05) is 31.5 Å². The number of aromatic nitrogens is 2. The number of carbonyl (C=O) groups is 1. The Morgan fingerprint density at radius 3 is 2.64 bits per heavy atom. The molecular weight excluding hydrogens is 316 g/mol. The molecule has 2 aromatic rings. The number of hydrogen-bond acceptors (Lipinski definition) is 5. The van der Waals surface area contributed by atoms with Crippen molar-refractivity contribution in [2.24, 2.45) is 0 Å². The smallest absolute Gasteiger partial charge is 0.335 e. The number of carboxylic acid groups (broad SMARTS) is 1.